The lowest BCUT2D eigenvalue weighted by Gasteiger charge is -2.21. The summed E-state index contributed by atoms with van der Waals surface area (Å²) in [5.41, 5.74) is 2.64. The van der Waals surface area contributed by atoms with Gasteiger partial charge in [0.2, 0.25) is 0 Å². The van der Waals surface area contributed by atoms with Crippen molar-refractivity contribution in [2.45, 2.75) is 46.6 Å². The Morgan fingerprint density at radius 3 is 2.43 bits per heavy atom. The minimum absolute atomic E-state index is 0.130. The normalized spacial score (nSPS) is 12.4. The molecule has 0 bridgehead atoms. The highest BCUT2D eigenvalue weighted by molar-refractivity contribution is 5.58. The van der Waals surface area contributed by atoms with Gasteiger partial charge in [-0.1, -0.05) is 24.6 Å². The highest BCUT2D eigenvalue weighted by Crippen LogP contribution is 2.29. The Bertz CT molecular complexity index is 473. The van der Waals surface area contributed by atoms with E-state index in [-0.39, 0.29) is 5.54 Å². The highest BCUT2D eigenvalue weighted by atomic mass is 16.5. The molecule has 0 aromatic heterocycles. The number of hydrogen-bond donors (Lipinski definition) is 1. The quantitative estimate of drug-likeness (QED) is 0.813. The topological polar surface area (TPSA) is 30.5 Å². The number of nitrogens with one attached hydrogen (secondary N) is 1. The number of ether oxygens (including phenoxy) is 2. The van der Waals surface area contributed by atoms with Crippen LogP contribution in [0.5, 0.6) is 11.5 Å². The molecule has 0 radical (unpaired) electrons. The average molecular weight is 291 g/mol. The second kappa shape index (κ2) is 8.08. The monoisotopic (exact) mass is 291 g/mol. The first-order valence-corrected chi connectivity index (χ1v) is 7.65. The maximum Gasteiger partial charge on any atom is 0.161 e. The third-order valence-electron chi connectivity index (χ3n) is 3.16. The zero-order valence-corrected chi connectivity index (χ0v) is 14.2. The van der Waals surface area contributed by atoms with Gasteiger partial charge in [0.25, 0.3) is 0 Å². The third kappa shape index (κ3) is 6.21. The van der Waals surface area contributed by atoms with Crippen molar-refractivity contribution in [3.63, 3.8) is 0 Å². The molecule has 0 saturated heterocycles. The maximum atomic E-state index is 5.55. The average Bonchev–Trinajstić information content (AvgIpc) is 2.44. The van der Waals surface area contributed by atoms with Gasteiger partial charge in [-0.05, 0) is 51.8 Å². The summed E-state index contributed by atoms with van der Waals surface area (Å²) < 4.78 is 10.9. The lowest BCUT2D eigenvalue weighted by molar-refractivity contribution is 0.311. The van der Waals surface area contributed by atoms with Crippen LogP contribution in [0.3, 0.4) is 0 Å². The molecule has 1 rings (SSSR count). The summed E-state index contributed by atoms with van der Waals surface area (Å²) in [6, 6.07) is 6.07. The zero-order valence-electron chi connectivity index (χ0n) is 14.2. The fraction of sp³-hybridized carbons (Fsp3) is 0.556. The van der Waals surface area contributed by atoms with Crippen molar-refractivity contribution in [3.8, 4) is 11.5 Å². The number of hydrogen-bond acceptors (Lipinski definition) is 3. The Labute approximate surface area is 129 Å². The van der Waals surface area contributed by atoms with Gasteiger partial charge < -0.3 is 14.8 Å². The van der Waals surface area contributed by atoms with Crippen molar-refractivity contribution >= 4 is 6.08 Å². The van der Waals surface area contributed by atoms with Crippen LogP contribution in [-0.4, -0.2) is 25.8 Å². The van der Waals surface area contributed by atoms with Crippen molar-refractivity contribution in [1.29, 1.82) is 0 Å². The van der Waals surface area contributed by atoms with Crippen molar-refractivity contribution in [3.05, 3.63) is 29.3 Å². The van der Waals surface area contributed by atoms with E-state index >= 15 is 0 Å². The van der Waals surface area contributed by atoms with Crippen molar-refractivity contribution in [2.75, 3.05) is 20.3 Å². The molecule has 0 atom stereocenters. The molecule has 1 aromatic rings. The van der Waals surface area contributed by atoms with Crippen LogP contribution in [0.15, 0.2) is 23.8 Å². The van der Waals surface area contributed by atoms with E-state index in [9.17, 15) is 0 Å². The van der Waals surface area contributed by atoms with Gasteiger partial charge in [-0.3, -0.25) is 0 Å². The number of methoxy groups -OCH3 is 1. The van der Waals surface area contributed by atoms with Crippen LogP contribution < -0.4 is 14.8 Å². The molecule has 21 heavy (non-hydrogen) atoms. The predicted octanol–water partition coefficient (Wildman–Crippen LogP) is 4.28. The van der Waals surface area contributed by atoms with Crippen LogP contribution in [0.1, 0.15) is 46.6 Å². The Hall–Kier alpha value is -1.48. The van der Waals surface area contributed by atoms with E-state index in [4.69, 9.17) is 9.47 Å². The van der Waals surface area contributed by atoms with E-state index in [1.165, 1.54) is 5.57 Å². The fourth-order valence-corrected chi connectivity index (χ4v) is 1.94. The summed E-state index contributed by atoms with van der Waals surface area (Å²) in [6.45, 7) is 12.2. The number of benzene rings is 1. The molecule has 118 valence electrons. The standard InChI is InChI=1S/C18H29NO2/c1-7-14(13-19-18(3,4)5)11-15-9-10-16(21-8-2)17(12-15)20-6/h9-12,19H,7-8,13H2,1-6H3. The largest absolute Gasteiger partial charge is 0.493 e. The van der Waals surface area contributed by atoms with Crippen LogP contribution in [0.4, 0.5) is 0 Å². The highest BCUT2D eigenvalue weighted by Gasteiger charge is 2.09. The lowest BCUT2D eigenvalue weighted by Crippen LogP contribution is -2.36. The summed E-state index contributed by atoms with van der Waals surface area (Å²) in [5, 5.41) is 3.53. The van der Waals surface area contributed by atoms with E-state index in [0.717, 1.165) is 30.0 Å². The summed E-state index contributed by atoms with van der Waals surface area (Å²) in [6.07, 6.45) is 3.25. The molecule has 0 fully saturated rings. The smallest absolute Gasteiger partial charge is 0.161 e. The SMILES string of the molecule is CCOc1ccc(C=C(CC)CNC(C)(C)C)cc1OC. The van der Waals surface area contributed by atoms with Crippen LogP contribution in [0.25, 0.3) is 6.08 Å². The first-order valence-electron chi connectivity index (χ1n) is 7.65. The predicted molar refractivity (Wildman–Crippen MR) is 90.2 cm³/mol. The van der Waals surface area contributed by atoms with Gasteiger partial charge in [0.05, 0.1) is 13.7 Å². The first-order chi connectivity index (χ1) is 9.89. The lowest BCUT2D eigenvalue weighted by atomic mass is 10.1. The second-order valence-electron chi connectivity index (χ2n) is 6.10. The van der Waals surface area contributed by atoms with E-state index in [1.807, 2.05) is 19.1 Å². The molecule has 0 heterocycles. The number of rotatable bonds is 7. The van der Waals surface area contributed by atoms with E-state index in [1.54, 1.807) is 7.11 Å². The minimum Gasteiger partial charge on any atom is -0.493 e. The molecule has 3 nitrogen and oxygen atoms in total. The van der Waals surface area contributed by atoms with Crippen LogP contribution in [-0.2, 0) is 0 Å². The summed E-state index contributed by atoms with van der Waals surface area (Å²) in [7, 11) is 1.67. The first kappa shape index (κ1) is 17.6. The second-order valence-corrected chi connectivity index (χ2v) is 6.10. The molecular weight excluding hydrogens is 262 g/mol. The van der Waals surface area contributed by atoms with E-state index in [2.05, 4.69) is 45.2 Å². The molecular formula is C18H29NO2. The van der Waals surface area contributed by atoms with Gasteiger partial charge in [0.1, 0.15) is 0 Å². The molecule has 0 aliphatic carbocycles. The Morgan fingerprint density at radius 1 is 1.19 bits per heavy atom. The Morgan fingerprint density at radius 2 is 1.90 bits per heavy atom. The summed E-state index contributed by atoms with van der Waals surface area (Å²) in [5.74, 6) is 1.58. The molecule has 0 unspecified atom stereocenters. The van der Waals surface area contributed by atoms with Crippen LogP contribution in [0.2, 0.25) is 0 Å². The van der Waals surface area contributed by atoms with Crippen molar-refractivity contribution < 1.29 is 9.47 Å². The molecule has 1 aromatic carbocycles. The molecule has 0 saturated carbocycles. The summed E-state index contributed by atoms with van der Waals surface area (Å²) in [4.78, 5) is 0. The van der Waals surface area contributed by atoms with Crippen molar-refractivity contribution in [2.24, 2.45) is 0 Å². The molecule has 0 spiro atoms. The molecule has 1 N–H and O–H groups in total. The fourth-order valence-electron chi connectivity index (χ4n) is 1.94. The van der Waals surface area contributed by atoms with Gasteiger partial charge in [0.15, 0.2) is 11.5 Å². The van der Waals surface area contributed by atoms with Crippen LogP contribution >= 0.6 is 0 Å². The van der Waals surface area contributed by atoms with Gasteiger partial charge in [-0.25, -0.2) is 0 Å². The maximum absolute atomic E-state index is 5.55. The van der Waals surface area contributed by atoms with Gasteiger partial charge in [-0.2, -0.15) is 0 Å². The molecule has 0 aliphatic heterocycles. The van der Waals surface area contributed by atoms with Gasteiger partial charge in [-0.15, -0.1) is 0 Å². The Kier molecular flexibility index (Phi) is 6.76. The summed E-state index contributed by atoms with van der Waals surface area (Å²) >= 11 is 0. The molecule has 0 amide bonds. The molecule has 3 heteroatoms. The van der Waals surface area contributed by atoms with E-state index < -0.39 is 0 Å². The third-order valence-corrected chi connectivity index (χ3v) is 3.16. The zero-order chi connectivity index (χ0) is 15.9. The van der Waals surface area contributed by atoms with Gasteiger partial charge in [0, 0.05) is 12.1 Å². The van der Waals surface area contributed by atoms with Crippen LogP contribution in [0, 0.1) is 0 Å². The Balaban J connectivity index is 2.90. The minimum atomic E-state index is 0.130. The molecule has 0 aliphatic rings. The van der Waals surface area contributed by atoms with E-state index in [0.29, 0.717) is 6.61 Å². The van der Waals surface area contributed by atoms with Gasteiger partial charge >= 0.3 is 0 Å². The van der Waals surface area contributed by atoms with Crippen molar-refractivity contribution in [1.82, 2.24) is 5.32 Å².